The summed E-state index contributed by atoms with van der Waals surface area (Å²) < 4.78 is 17.7. The van der Waals surface area contributed by atoms with Crippen LogP contribution in [0.2, 0.25) is 0 Å². The molecule has 4 rings (SSSR count). The van der Waals surface area contributed by atoms with Gasteiger partial charge in [-0.25, -0.2) is 9.59 Å². The third kappa shape index (κ3) is 22.9. The number of imide groups is 1. The van der Waals surface area contributed by atoms with E-state index in [0.29, 0.717) is 61.9 Å². The molecule has 0 aromatic heterocycles. The molecule has 2 aliphatic rings. The minimum absolute atomic E-state index is 0.0841. The number of anilines is 1. The largest absolute Gasteiger partial charge is 0.445 e. The number of ether oxygens (including phenoxy) is 3. The lowest BCUT2D eigenvalue weighted by Gasteiger charge is -2.41. The topological polar surface area (TPSA) is 347 Å². The molecule has 2 aliphatic heterocycles. The van der Waals surface area contributed by atoms with E-state index in [2.05, 4.69) is 31.9 Å². The maximum atomic E-state index is 14.8. The fourth-order valence-corrected chi connectivity index (χ4v) is 12.1. The van der Waals surface area contributed by atoms with Crippen molar-refractivity contribution in [2.75, 3.05) is 53.3 Å². The molecule has 1 saturated heterocycles. The van der Waals surface area contributed by atoms with Crippen molar-refractivity contribution in [2.24, 2.45) is 35.3 Å². The van der Waals surface area contributed by atoms with Gasteiger partial charge in [0.15, 0.2) is 0 Å². The third-order valence-electron chi connectivity index (χ3n) is 17.7. The molecule has 12 atom stereocenters. The van der Waals surface area contributed by atoms with Crippen LogP contribution in [0.25, 0.3) is 0 Å². The van der Waals surface area contributed by atoms with Crippen molar-refractivity contribution in [3.05, 3.63) is 77.9 Å². The van der Waals surface area contributed by atoms with E-state index in [1.807, 2.05) is 32.0 Å². The second kappa shape index (κ2) is 38.4. The van der Waals surface area contributed by atoms with E-state index >= 15 is 0 Å². The van der Waals surface area contributed by atoms with Crippen LogP contribution >= 0.6 is 0 Å². The van der Waals surface area contributed by atoms with Gasteiger partial charge in [-0.15, -0.1) is 0 Å². The molecule has 1 unspecified atom stereocenters. The van der Waals surface area contributed by atoms with Gasteiger partial charge in [-0.1, -0.05) is 118 Å². The van der Waals surface area contributed by atoms with Gasteiger partial charge < -0.3 is 66.8 Å². The molecular weight excluding hydrogens is 1210 g/mol. The van der Waals surface area contributed by atoms with E-state index < -0.39 is 114 Å². The van der Waals surface area contributed by atoms with E-state index in [4.69, 9.17) is 19.9 Å². The first-order chi connectivity index (χ1) is 44.5. The van der Waals surface area contributed by atoms with Gasteiger partial charge in [0.2, 0.25) is 41.4 Å². The van der Waals surface area contributed by atoms with Crippen LogP contribution in [0, 0.1) is 29.6 Å². The Labute approximate surface area is 554 Å². The fourth-order valence-electron chi connectivity index (χ4n) is 12.1. The van der Waals surface area contributed by atoms with Gasteiger partial charge in [-0.05, 0) is 92.4 Å². The minimum atomic E-state index is -1.11. The lowest BCUT2D eigenvalue weighted by atomic mass is 9.89. The number of likely N-dealkylation sites (tertiary alicyclic amines) is 1. The van der Waals surface area contributed by atoms with E-state index in [1.165, 1.54) is 38.3 Å². The molecule has 0 aliphatic carbocycles. The highest BCUT2D eigenvalue weighted by atomic mass is 16.6. The van der Waals surface area contributed by atoms with Crippen LogP contribution in [0.1, 0.15) is 151 Å². The van der Waals surface area contributed by atoms with Crippen molar-refractivity contribution in [1.82, 2.24) is 46.2 Å². The van der Waals surface area contributed by atoms with Crippen molar-refractivity contribution in [1.29, 1.82) is 0 Å². The van der Waals surface area contributed by atoms with E-state index in [-0.39, 0.29) is 86.8 Å². The number of carbonyl (C=O) groups excluding carboxylic acids is 11. The number of hydrogen-bond acceptors (Lipinski definition) is 15. The predicted molar refractivity (Wildman–Crippen MR) is 353 cm³/mol. The number of carbonyl (C=O) groups is 11. The predicted octanol–water partition coefficient (Wildman–Crippen LogP) is 5.08. The monoisotopic (exact) mass is 1320 g/mol. The molecule has 1 fully saturated rings. The summed E-state index contributed by atoms with van der Waals surface area (Å²) in [5.41, 5.74) is 6.77. The van der Waals surface area contributed by atoms with Crippen molar-refractivity contribution in [3.8, 4) is 0 Å². The second-order valence-corrected chi connectivity index (χ2v) is 25.8. The number of aliphatic hydroxyl groups excluding tert-OH is 1. The number of benzene rings is 2. The molecule has 2 aromatic rings. The molecule has 9 N–H and O–H groups in total. The Hall–Kier alpha value is -7.97. The number of likely N-dealkylation sites (N-methyl/N-ethyl adjacent to an activating group) is 2. The highest BCUT2D eigenvalue weighted by Gasteiger charge is 2.44. The number of methoxy groups -OCH3 is 2. The summed E-state index contributed by atoms with van der Waals surface area (Å²) >= 11 is 0. The van der Waals surface area contributed by atoms with Crippen molar-refractivity contribution >= 4 is 71.0 Å². The lowest BCUT2D eigenvalue weighted by molar-refractivity contribution is -0.148. The molecule has 26 nitrogen and oxygen atoms in total. The summed E-state index contributed by atoms with van der Waals surface area (Å²) in [5.74, 6) is -6.02. The Bertz CT molecular complexity index is 2880. The van der Waals surface area contributed by atoms with Crippen LogP contribution in [0.4, 0.5) is 15.3 Å². The molecule has 12 amide bonds. The molecular formula is C68H105N11O15. The van der Waals surface area contributed by atoms with Crippen LogP contribution < -0.4 is 37.6 Å². The molecule has 2 heterocycles. The van der Waals surface area contributed by atoms with Crippen molar-refractivity contribution < 1.29 is 72.1 Å². The highest BCUT2D eigenvalue weighted by molar-refractivity contribution is 6.12. The number of unbranched alkanes of at least 4 members (excludes halogenated alkanes) is 2. The average molecular weight is 1320 g/mol. The Morgan fingerprint density at radius 2 is 1.35 bits per heavy atom. The van der Waals surface area contributed by atoms with E-state index in [9.17, 15) is 57.8 Å². The number of aliphatic hydroxyl groups is 1. The second-order valence-electron chi connectivity index (χ2n) is 25.8. The number of primary amides is 1. The summed E-state index contributed by atoms with van der Waals surface area (Å²) in [7, 11) is 6.08. The molecule has 0 radical (unpaired) electrons. The van der Waals surface area contributed by atoms with Gasteiger partial charge in [-0.2, -0.15) is 0 Å². The molecule has 0 bridgehead atoms. The lowest BCUT2D eigenvalue weighted by Crippen LogP contribution is -2.60. The number of nitrogens with two attached hydrogens (primary N) is 1. The van der Waals surface area contributed by atoms with Gasteiger partial charge in [-0.3, -0.25) is 53.0 Å². The smallest absolute Gasteiger partial charge is 0.410 e. The zero-order chi connectivity index (χ0) is 70.1. The SMILES string of the molecule is CC[C@H](C)[C@@H]([C@@H](CC(=O)N1CCC[C@H]1[C@H](OC)[C@@H](C)C(=O)N[C@H](C)[C@@H](O)c1ccccc1)OC)N(C)C(=O)[C@@H](NC(=O)C(C(C)C)N(C)C(=O)OCc1ccc(NC(=O)[C@H](CCCNC(N)=O)NC(=O)[C@H](NC(=O)CCCCCN2C(=O)C=CC2=O)C(C)C)cc1)C(C)C. The number of amides is 12. The Morgan fingerprint density at radius 1 is 0.713 bits per heavy atom. The molecule has 2 aromatic carbocycles. The normalized spacial score (nSPS) is 17.4. The summed E-state index contributed by atoms with van der Waals surface area (Å²) in [6, 6.07) is 8.74. The first-order valence-electron chi connectivity index (χ1n) is 32.9. The van der Waals surface area contributed by atoms with Crippen LogP contribution in [-0.4, -0.2) is 192 Å². The van der Waals surface area contributed by atoms with Crippen LogP contribution in [-0.2, 0) is 64.0 Å². The maximum Gasteiger partial charge on any atom is 0.410 e. The minimum Gasteiger partial charge on any atom is -0.445 e. The molecule has 26 heteroatoms. The van der Waals surface area contributed by atoms with Crippen molar-refractivity contribution in [2.45, 2.75) is 201 Å². The summed E-state index contributed by atoms with van der Waals surface area (Å²) in [4.78, 5) is 152. The Balaban J connectivity index is 1.37. The van der Waals surface area contributed by atoms with Gasteiger partial charge in [0.25, 0.3) is 11.8 Å². The number of urea groups is 1. The number of rotatable bonds is 38. The number of nitrogens with one attached hydrogen (secondary N) is 6. The molecule has 94 heavy (non-hydrogen) atoms. The number of hydrogen-bond donors (Lipinski definition) is 8. The van der Waals surface area contributed by atoms with Gasteiger partial charge >= 0.3 is 12.1 Å². The van der Waals surface area contributed by atoms with Gasteiger partial charge in [0.05, 0.1) is 48.8 Å². The van der Waals surface area contributed by atoms with Crippen LogP contribution in [0.15, 0.2) is 66.7 Å². The van der Waals surface area contributed by atoms with E-state index in [1.54, 1.807) is 109 Å². The maximum absolute atomic E-state index is 14.8. The molecule has 522 valence electrons. The van der Waals surface area contributed by atoms with E-state index in [0.717, 1.165) is 4.90 Å². The standard InChI is InChI=1S/C68H105N11O15/c1-15-43(8)59(51(92-13)38-55(83)78-37-23-27-50(78)61(93-14)44(9)62(85)71-45(10)60(84)47-24-18-16-19-25-47)76(11)66(89)57(41(4)5)75-65(88)58(42(6)7)77(12)68(91)94-39-46-29-31-48(32-30-46)72-63(86)49(26-22-35-70-67(69)90)73-64(87)56(40(2)3)74-52(80)28-20-17-21-36-79-53(81)33-34-54(79)82/h16,18-19,24-25,29-34,40-45,49-51,56-61,84H,15,17,20-23,26-28,35-39H2,1-14H3,(H,71,85)(H,72,86)(H,73,87)(H,74,80)(H,75,88)(H3,69,70,90)/t43-,44+,45+,49-,50-,51+,56+,57-,58?,59-,60+,61+/m0/s1. The molecule has 0 saturated carbocycles. The Kier molecular flexibility index (Phi) is 32.1. The zero-order valence-electron chi connectivity index (χ0n) is 57.4. The third-order valence-corrected chi connectivity index (χ3v) is 17.7. The van der Waals surface area contributed by atoms with Gasteiger partial charge in [0.1, 0.15) is 30.8 Å². The summed E-state index contributed by atoms with van der Waals surface area (Å²) in [6.07, 6.45) is 2.94. The van der Waals surface area contributed by atoms with Gasteiger partial charge in [0, 0.05) is 72.2 Å². The Morgan fingerprint density at radius 3 is 1.93 bits per heavy atom. The highest BCUT2D eigenvalue weighted by Crippen LogP contribution is 2.31. The molecule has 0 spiro atoms. The summed E-state index contributed by atoms with van der Waals surface area (Å²) in [6.45, 7) is 18.6. The first kappa shape index (κ1) is 78.5. The quantitative estimate of drug-likeness (QED) is 0.0321. The van der Waals surface area contributed by atoms with Crippen molar-refractivity contribution in [3.63, 3.8) is 0 Å². The zero-order valence-corrected chi connectivity index (χ0v) is 57.4. The fraction of sp³-hybridized carbons (Fsp3) is 0.632. The van der Waals surface area contributed by atoms with Crippen LogP contribution in [0.3, 0.4) is 0 Å². The van der Waals surface area contributed by atoms with Crippen LogP contribution in [0.5, 0.6) is 0 Å². The number of nitrogens with zero attached hydrogens (tertiary/aromatic N) is 4. The summed E-state index contributed by atoms with van der Waals surface area (Å²) in [5, 5.41) is 27.6. The first-order valence-corrected chi connectivity index (χ1v) is 32.9. The average Bonchev–Trinajstić information content (AvgIpc) is 1.33.